The van der Waals surface area contributed by atoms with Gasteiger partial charge in [0.2, 0.25) is 0 Å². The zero-order chi connectivity index (χ0) is 12.5. The zero-order valence-electron chi connectivity index (χ0n) is 10.8. The zero-order valence-corrected chi connectivity index (χ0v) is 10.8. The average Bonchev–Trinajstić information content (AvgIpc) is 2.61. The van der Waals surface area contributed by atoms with Crippen LogP contribution in [0.15, 0.2) is 6.33 Å². The van der Waals surface area contributed by atoms with Crippen LogP contribution in [0.25, 0.3) is 0 Å². The molecule has 4 heteroatoms. The number of aromatic nitrogens is 2. The van der Waals surface area contributed by atoms with Crippen LogP contribution in [0.5, 0.6) is 0 Å². The van der Waals surface area contributed by atoms with Crippen molar-refractivity contribution < 1.29 is 4.39 Å². The first kappa shape index (κ1) is 12.3. The van der Waals surface area contributed by atoms with E-state index in [0.717, 1.165) is 12.8 Å². The van der Waals surface area contributed by atoms with Gasteiger partial charge in [-0.2, -0.15) is 0 Å². The summed E-state index contributed by atoms with van der Waals surface area (Å²) in [6.45, 7) is 6.40. The van der Waals surface area contributed by atoms with Gasteiger partial charge in [0.15, 0.2) is 11.6 Å². The minimum Gasteiger partial charge on any atom is -0.365 e. The highest BCUT2D eigenvalue weighted by Crippen LogP contribution is 2.38. The third-order valence-electron chi connectivity index (χ3n) is 3.51. The minimum atomic E-state index is -0.292. The van der Waals surface area contributed by atoms with Crippen molar-refractivity contribution in [2.75, 3.05) is 5.32 Å². The van der Waals surface area contributed by atoms with Gasteiger partial charge in [0, 0.05) is 6.04 Å². The smallest absolute Gasteiger partial charge is 0.186 e. The van der Waals surface area contributed by atoms with E-state index in [1.54, 1.807) is 0 Å². The second kappa shape index (κ2) is 4.59. The van der Waals surface area contributed by atoms with Crippen molar-refractivity contribution in [2.24, 2.45) is 5.41 Å². The van der Waals surface area contributed by atoms with Crippen molar-refractivity contribution in [3.05, 3.63) is 17.8 Å². The topological polar surface area (TPSA) is 37.8 Å². The van der Waals surface area contributed by atoms with Crippen LogP contribution >= 0.6 is 0 Å². The molecule has 3 nitrogen and oxygen atoms in total. The number of nitrogens with one attached hydrogen (secondary N) is 1. The van der Waals surface area contributed by atoms with Crippen LogP contribution in [0.2, 0.25) is 0 Å². The maximum atomic E-state index is 13.9. The first-order valence-corrected chi connectivity index (χ1v) is 6.28. The van der Waals surface area contributed by atoms with E-state index in [-0.39, 0.29) is 5.82 Å². The predicted octanol–water partition coefficient (Wildman–Crippen LogP) is 3.17. The maximum Gasteiger partial charge on any atom is 0.186 e. The van der Waals surface area contributed by atoms with Crippen LogP contribution in [0.4, 0.5) is 10.2 Å². The molecule has 0 spiro atoms. The first-order valence-electron chi connectivity index (χ1n) is 6.28. The van der Waals surface area contributed by atoms with E-state index in [1.165, 1.54) is 12.7 Å². The van der Waals surface area contributed by atoms with Gasteiger partial charge in [-0.15, -0.1) is 0 Å². The second-order valence-electron chi connectivity index (χ2n) is 5.58. The molecular formula is C13H20FN3. The highest BCUT2D eigenvalue weighted by Gasteiger charge is 2.31. The summed E-state index contributed by atoms with van der Waals surface area (Å²) >= 11 is 0. The number of rotatable bonds is 3. The molecule has 0 aromatic carbocycles. The molecule has 0 aliphatic heterocycles. The molecule has 94 valence electrons. The van der Waals surface area contributed by atoms with Crippen molar-refractivity contribution in [3.63, 3.8) is 0 Å². The van der Waals surface area contributed by atoms with Crippen molar-refractivity contribution in [3.8, 4) is 0 Å². The van der Waals surface area contributed by atoms with Gasteiger partial charge in [-0.3, -0.25) is 0 Å². The van der Waals surface area contributed by atoms with Gasteiger partial charge in [-0.1, -0.05) is 20.8 Å². The Labute approximate surface area is 102 Å². The van der Waals surface area contributed by atoms with Crippen LogP contribution in [0, 0.1) is 11.2 Å². The van der Waals surface area contributed by atoms with Crippen LogP contribution in [-0.4, -0.2) is 16.0 Å². The lowest BCUT2D eigenvalue weighted by Crippen LogP contribution is -2.19. The fraction of sp³-hybridized carbons (Fsp3) is 0.692. The highest BCUT2D eigenvalue weighted by atomic mass is 19.1. The highest BCUT2D eigenvalue weighted by molar-refractivity contribution is 5.38. The summed E-state index contributed by atoms with van der Waals surface area (Å²) in [7, 11) is 0. The third-order valence-corrected chi connectivity index (χ3v) is 3.51. The molecule has 0 saturated heterocycles. The molecule has 1 aliphatic carbocycles. The Morgan fingerprint density at radius 2 is 2.24 bits per heavy atom. The first-order chi connectivity index (χ1) is 8.02. The molecule has 1 saturated carbocycles. The fourth-order valence-electron chi connectivity index (χ4n) is 2.51. The summed E-state index contributed by atoms with van der Waals surface area (Å²) in [4.78, 5) is 7.94. The van der Waals surface area contributed by atoms with E-state index in [0.29, 0.717) is 29.4 Å². The summed E-state index contributed by atoms with van der Waals surface area (Å²) in [6.07, 6.45) is 5.36. The summed E-state index contributed by atoms with van der Waals surface area (Å²) in [5, 5.41) is 3.21. The summed E-state index contributed by atoms with van der Waals surface area (Å²) in [6, 6.07) is 0.333. The molecule has 1 unspecified atom stereocenters. The van der Waals surface area contributed by atoms with E-state index in [1.807, 2.05) is 6.92 Å². The van der Waals surface area contributed by atoms with Crippen LogP contribution in [0.3, 0.4) is 0 Å². The van der Waals surface area contributed by atoms with Gasteiger partial charge >= 0.3 is 0 Å². The normalized spacial score (nSPS) is 22.7. The Bertz CT molecular complexity index is 404. The number of nitrogens with zero attached hydrogens (tertiary/aromatic N) is 2. The standard InChI is InChI=1S/C13H20FN3/c1-4-10-11(14)12(16-8-15-10)17-9-5-6-13(2,3)7-9/h8-9H,4-7H2,1-3H3,(H,15,16,17). The molecule has 1 heterocycles. The van der Waals surface area contributed by atoms with Gasteiger partial charge in [0.1, 0.15) is 6.33 Å². The Morgan fingerprint density at radius 1 is 1.47 bits per heavy atom. The van der Waals surface area contributed by atoms with Gasteiger partial charge in [0.05, 0.1) is 5.69 Å². The SMILES string of the molecule is CCc1ncnc(NC2CCC(C)(C)C2)c1F. The lowest BCUT2D eigenvalue weighted by Gasteiger charge is -2.18. The lowest BCUT2D eigenvalue weighted by molar-refractivity contribution is 0.378. The molecular weight excluding hydrogens is 217 g/mol. The van der Waals surface area contributed by atoms with Crippen molar-refractivity contribution in [2.45, 2.75) is 52.5 Å². The second-order valence-corrected chi connectivity index (χ2v) is 5.58. The Hall–Kier alpha value is -1.19. The molecule has 1 aromatic heterocycles. The number of aryl methyl sites for hydroxylation is 1. The molecule has 1 aromatic rings. The van der Waals surface area contributed by atoms with Gasteiger partial charge in [-0.25, -0.2) is 14.4 Å². The van der Waals surface area contributed by atoms with Crippen molar-refractivity contribution in [1.82, 2.24) is 9.97 Å². The quantitative estimate of drug-likeness (QED) is 0.877. The molecule has 17 heavy (non-hydrogen) atoms. The number of anilines is 1. The molecule has 1 fully saturated rings. The van der Waals surface area contributed by atoms with Gasteiger partial charge < -0.3 is 5.32 Å². The molecule has 0 amide bonds. The molecule has 0 radical (unpaired) electrons. The number of halogens is 1. The van der Waals surface area contributed by atoms with Crippen molar-refractivity contribution >= 4 is 5.82 Å². The Kier molecular flexibility index (Phi) is 3.31. The maximum absolute atomic E-state index is 13.9. The molecule has 1 N–H and O–H groups in total. The average molecular weight is 237 g/mol. The van der Waals surface area contributed by atoms with Gasteiger partial charge in [0.25, 0.3) is 0 Å². The van der Waals surface area contributed by atoms with E-state index >= 15 is 0 Å². The predicted molar refractivity (Wildman–Crippen MR) is 66.4 cm³/mol. The summed E-state index contributed by atoms with van der Waals surface area (Å²) < 4.78 is 13.9. The van der Waals surface area contributed by atoms with Gasteiger partial charge in [-0.05, 0) is 31.1 Å². The van der Waals surface area contributed by atoms with E-state index in [9.17, 15) is 4.39 Å². The van der Waals surface area contributed by atoms with Crippen LogP contribution in [-0.2, 0) is 6.42 Å². The Balaban J connectivity index is 2.09. The number of hydrogen-bond donors (Lipinski definition) is 1. The number of hydrogen-bond acceptors (Lipinski definition) is 3. The largest absolute Gasteiger partial charge is 0.365 e. The van der Waals surface area contributed by atoms with Crippen LogP contribution in [0.1, 0.15) is 45.7 Å². The molecule has 0 bridgehead atoms. The lowest BCUT2D eigenvalue weighted by atomic mass is 9.92. The minimum absolute atomic E-state index is 0.292. The fourth-order valence-corrected chi connectivity index (χ4v) is 2.51. The monoisotopic (exact) mass is 237 g/mol. The Morgan fingerprint density at radius 3 is 2.82 bits per heavy atom. The summed E-state index contributed by atoms with van der Waals surface area (Å²) in [5.74, 6) is 0.0688. The molecule has 1 atom stereocenters. The van der Waals surface area contributed by atoms with E-state index in [4.69, 9.17) is 0 Å². The van der Waals surface area contributed by atoms with E-state index < -0.39 is 0 Å². The molecule has 1 aliphatic rings. The molecule has 2 rings (SSSR count). The summed E-state index contributed by atoms with van der Waals surface area (Å²) in [5.41, 5.74) is 0.842. The third kappa shape index (κ3) is 2.73. The van der Waals surface area contributed by atoms with E-state index in [2.05, 4.69) is 29.1 Å². The van der Waals surface area contributed by atoms with Crippen molar-refractivity contribution in [1.29, 1.82) is 0 Å². The van der Waals surface area contributed by atoms with Crippen LogP contribution < -0.4 is 5.32 Å².